The van der Waals surface area contributed by atoms with Crippen LogP contribution in [0.5, 0.6) is 11.5 Å². The number of benzene rings is 3. The van der Waals surface area contributed by atoms with Gasteiger partial charge in [0.05, 0.1) is 25.4 Å². The van der Waals surface area contributed by atoms with E-state index in [9.17, 15) is 4.79 Å². The number of amides is 1. The van der Waals surface area contributed by atoms with Gasteiger partial charge in [-0.2, -0.15) is 0 Å². The molecule has 1 aliphatic rings. The lowest BCUT2D eigenvalue weighted by molar-refractivity contribution is -0.116. The zero-order chi connectivity index (χ0) is 21.4. The van der Waals surface area contributed by atoms with E-state index in [2.05, 4.69) is 46.4 Å². The largest absolute Gasteiger partial charge is 0.497 e. The molecule has 0 unspecified atom stereocenters. The molecule has 0 saturated carbocycles. The Balaban J connectivity index is 1.70. The van der Waals surface area contributed by atoms with Crippen molar-refractivity contribution in [1.29, 1.82) is 0 Å². The molecule has 4 aromatic rings. The number of nitrogens with one attached hydrogen (secondary N) is 1. The minimum atomic E-state index is -0.121. The van der Waals surface area contributed by atoms with Gasteiger partial charge in [0.2, 0.25) is 5.91 Å². The number of aromatic nitrogens is 1. The zero-order valence-electron chi connectivity index (χ0n) is 17.6. The average Bonchev–Trinajstić information content (AvgIpc) is 3.09. The first-order chi connectivity index (χ1) is 15.2. The predicted molar refractivity (Wildman–Crippen MR) is 122 cm³/mol. The van der Waals surface area contributed by atoms with Crippen LogP contribution in [0.2, 0.25) is 0 Å². The van der Waals surface area contributed by atoms with Gasteiger partial charge in [-0.25, -0.2) is 0 Å². The van der Waals surface area contributed by atoms with Gasteiger partial charge in [0, 0.05) is 42.1 Å². The molecular weight excluding hydrogens is 388 g/mol. The Labute approximate surface area is 181 Å². The maximum Gasteiger partial charge on any atom is 0.225 e. The third-order valence-electron chi connectivity index (χ3n) is 5.99. The van der Waals surface area contributed by atoms with Gasteiger partial charge in [-0.15, -0.1) is 0 Å². The van der Waals surface area contributed by atoms with Crippen LogP contribution in [0.25, 0.3) is 10.9 Å². The minimum absolute atomic E-state index is 0.00109. The van der Waals surface area contributed by atoms with Gasteiger partial charge in [0.15, 0.2) is 0 Å². The SMILES string of the molecule is COc1ccc([C@@H]2CC(=O)Nc3cccc4c3c2cn4Cc2ccccc2)c(OC)c1. The second-order valence-corrected chi connectivity index (χ2v) is 7.81. The predicted octanol–water partition coefficient (Wildman–Crippen LogP) is 5.18. The van der Waals surface area contributed by atoms with Crippen molar-refractivity contribution in [3.63, 3.8) is 0 Å². The van der Waals surface area contributed by atoms with E-state index in [1.165, 1.54) is 5.56 Å². The summed E-state index contributed by atoms with van der Waals surface area (Å²) in [5.74, 6) is 1.33. The van der Waals surface area contributed by atoms with Gasteiger partial charge in [-0.05, 0) is 29.3 Å². The molecule has 1 atom stereocenters. The van der Waals surface area contributed by atoms with Crippen LogP contribution >= 0.6 is 0 Å². The maximum absolute atomic E-state index is 12.8. The molecule has 156 valence electrons. The molecule has 0 fully saturated rings. The molecule has 5 nitrogen and oxygen atoms in total. The molecule has 1 aromatic heterocycles. The van der Waals surface area contributed by atoms with Gasteiger partial charge >= 0.3 is 0 Å². The van der Waals surface area contributed by atoms with Gasteiger partial charge in [0.25, 0.3) is 0 Å². The number of anilines is 1. The van der Waals surface area contributed by atoms with Gasteiger partial charge in [0.1, 0.15) is 11.5 Å². The fraction of sp³-hybridized carbons (Fsp3) is 0.192. The molecule has 1 N–H and O–H groups in total. The molecule has 5 rings (SSSR count). The molecule has 0 bridgehead atoms. The summed E-state index contributed by atoms with van der Waals surface area (Å²) in [6, 6.07) is 22.3. The van der Waals surface area contributed by atoms with Crippen LogP contribution in [0.3, 0.4) is 0 Å². The Kier molecular flexibility index (Phi) is 4.86. The van der Waals surface area contributed by atoms with Crippen molar-refractivity contribution in [3.05, 3.63) is 89.6 Å². The van der Waals surface area contributed by atoms with Crippen LogP contribution in [0.15, 0.2) is 72.9 Å². The molecule has 0 saturated heterocycles. The Hall–Kier alpha value is -3.73. The quantitative estimate of drug-likeness (QED) is 0.491. The van der Waals surface area contributed by atoms with Crippen LogP contribution in [-0.2, 0) is 11.3 Å². The highest BCUT2D eigenvalue weighted by Gasteiger charge is 2.29. The van der Waals surface area contributed by atoms with E-state index in [4.69, 9.17) is 9.47 Å². The van der Waals surface area contributed by atoms with E-state index in [0.717, 1.165) is 45.8 Å². The summed E-state index contributed by atoms with van der Waals surface area (Å²) in [5.41, 5.74) is 5.31. The number of rotatable bonds is 5. The van der Waals surface area contributed by atoms with Gasteiger partial charge in [-0.3, -0.25) is 4.79 Å². The molecular formula is C26H24N2O3. The summed E-state index contributed by atoms with van der Waals surface area (Å²) >= 11 is 0. The number of hydrogen-bond donors (Lipinski definition) is 1. The lowest BCUT2D eigenvalue weighted by Gasteiger charge is -2.18. The first kappa shape index (κ1) is 19.2. The molecule has 1 amide bonds. The summed E-state index contributed by atoms with van der Waals surface area (Å²) in [7, 11) is 3.29. The first-order valence-electron chi connectivity index (χ1n) is 10.4. The van der Waals surface area contributed by atoms with Crippen molar-refractivity contribution in [1.82, 2.24) is 4.57 Å². The number of methoxy groups -OCH3 is 2. The van der Waals surface area contributed by atoms with E-state index in [1.807, 2.05) is 36.4 Å². The third-order valence-corrected chi connectivity index (χ3v) is 5.99. The number of ether oxygens (including phenoxy) is 2. The summed E-state index contributed by atoms with van der Waals surface area (Å²) < 4.78 is 13.3. The van der Waals surface area contributed by atoms with Crippen molar-refractivity contribution in [2.45, 2.75) is 18.9 Å². The highest BCUT2D eigenvalue weighted by atomic mass is 16.5. The second kappa shape index (κ2) is 7.84. The Morgan fingerprint density at radius 3 is 2.58 bits per heavy atom. The summed E-state index contributed by atoms with van der Waals surface area (Å²) in [6.45, 7) is 0.765. The molecule has 31 heavy (non-hydrogen) atoms. The normalized spacial score (nSPS) is 15.4. The minimum Gasteiger partial charge on any atom is -0.497 e. The van der Waals surface area contributed by atoms with Crippen LogP contribution in [0.1, 0.15) is 29.0 Å². The Bertz CT molecular complexity index is 1260. The highest BCUT2D eigenvalue weighted by molar-refractivity contribution is 6.06. The molecule has 3 aromatic carbocycles. The number of carbonyl (C=O) groups is 1. The van der Waals surface area contributed by atoms with Crippen LogP contribution in [0.4, 0.5) is 5.69 Å². The number of hydrogen-bond acceptors (Lipinski definition) is 3. The van der Waals surface area contributed by atoms with Crippen LogP contribution in [-0.4, -0.2) is 24.7 Å². The van der Waals surface area contributed by atoms with Crippen molar-refractivity contribution < 1.29 is 14.3 Å². The highest BCUT2D eigenvalue weighted by Crippen LogP contribution is 2.44. The third kappa shape index (κ3) is 3.42. The second-order valence-electron chi connectivity index (χ2n) is 7.81. The molecule has 2 heterocycles. The first-order valence-corrected chi connectivity index (χ1v) is 10.4. The smallest absolute Gasteiger partial charge is 0.225 e. The monoisotopic (exact) mass is 412 g/mol. The van der Waals surface area contributed by atoms with Crippen molar-refractivity contribution in [3.8, 4) is 11.5 Å². The van der Waals surface area contributed by atoms with Gasteiger partial charge < -0.3 is 19.4 Å². The zero-order valence-corrected chi connectivity index (χ0v) is 17.6. The summed E-state index contributed by atoms with van der Waals surface area (Å²) in [5, 5.41) is 4.20. The van der Waals surface area contributed by atoms with E-state index in [-0.39, 0.29) is 11.8 Å². The maximum atomic E-state index is 12.8. The molecule has 0 radical (unpaired) electrons. The molecule has 0 aliphatic carbocycles. The lowest BCUT2D eigenvalue weighted by Crippen LogP contribution is -2.14. The fourth-order valence-electron chi connectivity index (χ4n) is 4.54. The fourth-order valence-corrected chi connectivity index (χ4v) is 4.54. The van der Waals surface area contributed by atoms with Gasteiger partial charge in [-0.1, -0.05) is 42.5 Å². The van der Waals surface area contributed by atoms with E-state index >= 15 is 0 Å². The molecule has 1 aliphatic heterocycles. The standard InChI is InChI=1S/C26H24N2O3/c1-30-18-11-12-19(24(13-18)31-2)20-14-25(29)27-22-9-6-10-23-26(22)21(20)16-28(23)15-17-7-4-3-5-8-17/h3-13,16,20H,14-15H2,1-2H3,(H,27,29)/t20-/m0/s1. The van der Waals surface area contributed by atoms with Crippen LogP contribution in [0, 0.1) is 0 Å². The average molecular weight is 412 g/mol. The van der Waals surface area contributed by atoms with E-state index in [1.54, 1.807) is 14.2 Å². The number of nitrogens with zero attached hydrogens (tertiary/aromatic N) is 1. The van der Waals surface area contributed by atoms with Crippen molar-refractivity contribution in [2.75, 3.05) is 19.5 Å². The Morgan fingerprint density at radius 1 is 0.968 bits per heavy atom. The van der Waals surface area contributed by atoms with E-state index in [0.29, 0.717) is 6.42 Å². The summed E-state index contributed by atoms with van der Waals surface area (Å²) in [4.78, 5) is 12.8. The summed E-state index contributed by atoms with van der Waals surface area (Å²) in [6.07, 6.45) is 2.54. The Morgan fingerprint density at radius 2 is 1.81 bits per heavy atom. The van der Waals surface area contributed by atoms with E-state index < -0.39 is 0 Å². The lowest BCUT2D eigenvalue weighted by atomic mass is 9.88. The molecule has 5 heteroatoms. The number of carbonyl (C=O) groups excluding carboxylic acids is 1. The van der Waals surface area contributed by atoms with Crippen molar-refractivity contribution >= 4 is 22.5 Å². The van der Waals surface area contributed by atoms with Crippen LogP contribution < -0.4 is 14.8 Å². The topological polar surface area (TPSA) is 52.5 Å². The molecule has 0 spiro atoms. The van der Waals surface area contributed by atoms with Crippen molar-refractivity contribution in [2.24, 2.45) is 0 Å².